The maximum atomic E-state index is 14.0. The summed E-state index contributed by atoms with van der Waals surface area (Å²) in [7, 11) is -3.96. The molecule has 108 valence electrons. The van der Waals surface area contributed by atoms with Gasteiger partial charge in [-0.05, 0) is 25.0 Å². The van der Waals surface area contributed by atoms with Gasteiger partial charge in [0.25, 0.3) is 0 Å². The van der Waals surface area contributed by atoms with Crippen LogP contribution in [0.5, 0.6) is 0 Å². The van der Waals surface area contributed by atoms with E-state index >= 15 is 0 Å². The Labute approximate surface area is 118 Å². The average molecular weight is 309 g/mol. The van der Waals surface area contributed by atoms with Crippen molar-refractivity contribution in [1.29, 1.82) is 0 Å². The molecule has 0 amide bonds. The van der Waals surface area contributed by atoms with E-state index in [9.17, 15) is 12.8 Å². The third-order valence-electron chi connectivity index (χ3n) is 2.93. The molecule has 0 saturated heterocycles. The zero-order chi connectivity index (χ0) is 14.8. The Kier molecular flexibility index (Phi) is 5.32. The fourth-order valence-corrected chi connectivity index (χ4v) is 3.25. The van der Waals surface area contributed by atoms with Crippen molar-refractivity contribution in [3.8, 4) is 0 Å². The largest absolute Gasteiger partial charge is 0.326 e. The standard InChI is InChI=1S/C12H18ClFN2O2S/c1-7(2)8(3)16-19(17,18)11-5-10(13)4-9(6-15)12(11)14/h4-5,7-8,16H,6,15H2,1-3H3. The third-order valence-corrected chi connectivity index (χ3v) is 4.71. The normalized spacial score (nSPS) is 13.8. The fourth-order valence-electron chi connectivity index (χ4n) is 1.41. The van der Waals surface area contributed by atoms with Crippen LogP contribution in [0, 0.1) is 11.7 Å². The number of sulfonamides is 1. The smallest absolute Gasteiger partial charge is 0.243 e. The van der Waals surface area contributed by atoms with Crippen LogP contribution in [0.25, 0.3) is 0 Å². The molecule has 1 rings (SSSR count). The molecule has 0 aliphatic rings. The molecule has 1 atom stereocenters. The van der Waals surface area contributed by atoms with Crippen LogP contribution in [0.2, 0.25) is 5.02 Å². The van der Waals surface area contributed by atoms with Gasteiger partial charge in [-0.2, -0.15) is 0 Å². The molecule has 1 aromatic carbocycles. The highest BCUT2D eigenvalue weighted by Gasteiger charge is 2.24. The number of rotatable bonds is 5. The van der Waals surface area contributed by atoms with E-state index in [1.165, 1.54) is 6.07 Å². The van der Waals surface area contributed by atoms with Gasteiger partial charge < -0.3 is 5.73 Å². The first-order chi connectivity index (χ1) is 8.69. The van der Waals surface area contributed by atoms with Gasteiger partial charge in [-0.1, -0.05) is 25.4 Å². The zero-order valence-corrected chi connectivity index (χ0v) is 12.6. The molecule has 0 heterocycles. The number of benzene rings is 1. The molecule has 0 bridgehead atoms. The second-order valence-electron chi connectivity index (χ2n) is 4.74. The van der Waals surface area contributed by atoms with Gasteiger partial charge in [0, 0.05) is 23.2 Å². The first-order valence-electron chi connectivity index (χ1n) is 5.89. The van der Waals surface area contributed by atoms with E-state index in [-0.39, 0.29) is 29.1 Å². The van der Waals surface area contributed by atoms with E-state index in [1.807, 2.05) is 13.8 Å². The first-order valence-corrected chi connectivity index (χ1v) is 7.75. The Morgan fingerprint density at radius 3 is 2.42 bits per heavy atom. The van der Waals surface area contributed by atoms with Crippen LogP contribution < -0.4 is 10.5 Å². The lowest BCUT2D eigenvalue weighted by Gasteiger charge is -2.18. The van der Waals surface area contributed by atoms with Crippen molar-refractivity contribution in [2.75, 3.05) is 0 Å². The Hall–Kier alpha value is -0.690. The van der Waals surface area contributed by atoms with E-state index in [0.29, 0.717) is 0 Å². The summed E-state index contributed by atoms with van der Waals surface area (Å²) in [6.45, 7) is 5.34. The molecule has 7 heteroatoms. The van der Waals surface area contributed by atoms with Gasteiger partial charge >= 0.3 is 0 Å². The minimum atomic E-state index is -3.96. The van der Waals surface area contributed by atoms with Crippen molar-refractivity contribution in [3.63, 3.8) is 0 Å². The van der Waals surface area contributed by atoms with Crippen LogP contribution in [-0.2, 0) is 16.6 Å². The average Bonchev–Trinajstić information content (AvgIpc) is 2.30. The van der Waals surface area contributed by atoms with Crippen LogP contribution in [0.3, 0.4) is 0 Å². The van der Waals surface area contributed by atoms with E-state index in [4.69, 9.17) is 17.3 Å². The van der Waals surface area contributed by atoms with Gasteiger partial charge in [0.2, 0.25) is 10.0 Å². The van der Waals surface area contributed by atoms with Crippen LogP contribution in [0.4, 0.5) is 4.39 Å². The van der Waals surface area contributed by atoms with E-state index < -0.39 is 20.7 Å². The highest BCUT2D eigenvalue weighted by atomic mass is 35.5. The third kappa shape index (κ3) is 3.89. The molecule has 0 aromatic heterocycles. The quantitative estimate of drug-likeness (QED) is 0.876. The van der Waals surface area contributed by atoms with E-state index in [0.717, 1.165) is 6.07 Å². The summed E-state index contributed by atoms with van der Waals surface area (Å²) in [5, 5.41) is 0.138. The Morgan fingerprint density at radius 1 is 1.37 bits per heavy atom. The van der Waals surface area contributed by atoms with Crippen LogP contribution in [0.15, 0.2) is 17.0 Å². The molecule has 3 N–H and O–H groups in total. The predicted octanol–water partition coefficient (Wildman–Crippen LogP) is 2.26. The maximum Gasteiger partial charge on any atom is 0.243 e. The highest BCUT2D eigenvalue weighted by molar-refractivity contribution is 7.89. The van der Waals surface area contributed by atoms with E-state index in [2.05, 4.69) is 4.72 Å². The lowest BCUT2D eigenvalue weighted by molar-refractivity contribution is 0.473. The molecule has 4 nitrogen and oxygen atoms in total. The van der Waals surface area contributed by atoms with Crippen molar-refractivity contribution < 1.29 is 12.8 Å². The van der Waals surface area contributed by atoms with Gasteiger partial charge in [-0.3, -0.25) is 0 Å². The molecule has 0 saturated carbocycles. The summed E-state index contributed by atoms with van der Waals surface area (Å²) < 4.78 is 40.7. The summed E-state index contributed by atoms with van der Waals surface area (Å²) in [5.41, 5.74) is 5.44. The van der Waals surface area contributed by atoms with Gasteiger partial charge in [0.15, 0.2) is 0 Å². The minimum absolute atomic E-state index is 0.0741. The topological polar surface area (TPSA) is 72.2 Å². The molecule has 1 aromatic rings. The van der Waals surface area contributed by atoms with Gasteiger partial charge in [0.1, 0.15) is 10.7 Å². The van der Waals surface area contributed by atoms with Crippen molar-refractivity contribution in [2.45, 2.75) is 38.3 Å². The number of hydrogen-bond acceptors (Lipinski definition) is 3. The van der Waals surface area contributed by atoms with Crippen molar-refractivity contribution in [3.05, 3.63) is 28.5 Å². The lowest BCUT2D eigenvalue weighted by atomic mass is 10.1. The predicted molar refractivity (Wildman–Crippen MR) is 73.9 cm³/mol. The summed E-state index contributed by atoms with van der Waals surface area (Å²) in [6, 6.07) is 2.09. The SMILES string of the molecule is CC(C)C(C)NS(=O)(=O)c1cc(Cl)cc(CN)c1F. The number of nitrogens with one attached hydrogen (secondary N) is 1. The summed E-state index contributed by atoms with van der Waals surface area (Å²) in [6.07, 6.45) is 0. The molecule has 19 heavy (non-hydrogen) atoms. The van der Waals surface area contributed by atoms with Crippen molar-refractivity contribution >= 4 is 21.6 Å². The Balaban J connectivity index is 3.25. The minimum Gasteiger partial charge on any atom is -0.326 e. The van der Waals surface area contributed by atoms with E-state index in [1.54, 1.807) is 6.92 Å². The number of nitrogens with two attached hydrogens (primary N) is 1. The van der Waals surface area contributed by atoms with Crippen LogP contribution >= 0.6 is 11.6 Å². The van der Waals surface area contributed by atoms with Gasteiger partial charge in [0.05, 0.1) is 0 Å². The monoisotopic (exact) mass is 308 g/mol. The zero-order valence-electron chi connectivity index (χ0n) is 11.1. The second kappa shape index (κ2) is 6.17. The maximum absolute atomic E-state index is 14.0. The van der Waals surface area contributed by atoms with Crippen molar-refractivity contribution in [2.24, 2.45) is 11.7 Å². The van der Waals surface area contributed by atoms with Crippen LogP contribution in [-0.4, -0.2) is 14.5 Å². The summed E-state index contributed by atoms with van der Waals surface area (Å²) >= 11 is 5.79. The summed E-state index contributed by atoms with van der Waals surface area (Å²) in [4.78, 5) is -0.465. The molecule has 1 unspecified atom stereocenters. The summed E-state index contributed by atoms with van der Waals surface area (Å²) in [5.74, 6) is -0.763. The van der Waals surface area contributed by atoms with Gasteiger partial charge in [-0.15, -0.1) is 0 Å². The lowest BCUT2D eigenvalue weighted by Crippen LogP contribution is -2.36. The molecular weight excluding hydrogens is 291 g/mol. The molecule has 0 aliphatic heterocycles. The fraction of sp³-hybridized carbons (Fsp3) is 0.500. The molecular formula is C12H18ClFN2O2S. The second-order valence-corrected chi connectivity index (χ2v) is 6.85. The first kappa shape index (κ1) is 16.4. The highest BCUT2D eigenvalue weighted by Crippen LogP contribution is 2.24. The van der Waals surface area contributed by atoms with Crippen LogP contribution in [0.1, 0.15) is 26.3 Å². The van der Waals surface area contributed by atoms with Gasteiger partial charge in [-0.25, -0.2) is 17.5 Å². The molecule has 0 radical (unpaired) electrons. The number of hydrogen-bond donors (Lipinski definition) is 2. The Morgan fingerprint density at radius 2 is 1.95 bits per heavy atom. The number of halogens is 2. The molecule has 0 fully saturated rings. The molecule has 0 aliphatic carbocycles. The Bertz CT molecular complexity index is 561. The van der Waals surface area contributed by atoms with Crippen molar-refractivity contribution in [1.82, 2.24) is 4.72 Å². The molecule has 0 spiro atoms.